The molecule has 1 saturated heterocycles. The SMILES string of the molecule is Cc1cnc([C@H]2CCCN2C(=O)c2cnccn2)[nH]1. The normalized spacial score (nSPS) is 18.8. The second-order valence-electron chi connectivity index (χ2n) is 4.70. The van der Waals surface area contributed by atoms with Crippen LogP contribution in [-0.4, -0.2) is 37.3 Å². The zero-order valence-electron chi connectivity index (χ0n) is 10.7. The number of aromatic nitrogens is 4. The maximum Gasteiger partial charge on any atom is 0.274 e. The number of likely N-dealkylation sites (tertiary alicyclic amines) is 1. The maximum absolute atomic E-state index is 12.4. The van der Waals surface area contributed by atoms with Crippen LogP contribution in [0.25, 0.3) is 0 Å². The third kappa shape index (κ3) is 2.21. The van der Waals surface area contributed by atoms with Crippen molar-refractivity contribution < 1.29 is 4.79 Å². The quantitative estimate of drug-likeness (QED) is 0.884. The lowest BCUT2D eigenvalue weighted by atomic mass is 10.2. The maximum atomic E-state index is 12.4. The number of hydrogen-bond acceptors (Lipinski definition) is 4. The molecule has 3 rings (SSSR count). The molecule has 0 bridgehead atoms. The lowest BCUT2D eigenvalue weighted by molar-refractivity contribution is 0.0724. The van der Waals surface area contributed by atoms with E-state index in [1.54, 1.807) is 12.4 Å². The molecule has 98 valence electrons. The van der Waals surface area contributed by atoms with Crippen molar-refractivity contribution in [2.75, 3.05) is 6.54 Å². The van der Waals surface area contributed by atoms with Crippen molar-refractivity contribution in [1.29, 1.82) is 0 Å². The number of aromatic amines is 1. The van der Waals surface area contributed by atoms with Crippen molar-refractivity contribution in [3.63, 3.8) is 0 Å². The van der Waals surface area contributed by atoms with Gasteiger partial charge in [-0.3, -0.25) is 9.78 Å². The Hall–Kier alpha value is -2.24. The van der Waals surface area contributed by atoms with Crippen LogP contribution >= 0.6 is 0 Å². The highest BCUT2D eigenvalue weighted by atomic mass is 16.2. The summed E-state index contributed by atoms with van der Waals surface area (Å²) in [5.41, 5.74) is 1.39. The zero-order chi connectivity index (χ0) is 13.2. The number of nitrogens with zero attached hydrogens (tertiary/aromatic N) is 4. The summed E-state index contributed by atoms with van der Waals surface area (Å²) >= 11 is 0. The molecule has 6 heteroatoms. The minimum Gasteiger partial charge on any atom is -0.344 e. The molecule has 1 fully saturated rings. The minimum absolute atomic E-state index is 0.0169. The van der Waals surface area contributed by atoms with Crippen LogP contribution in [0.5, 0.6) is 0 Å². The van der Waals surface area contributed by atoms with Gasteiger partial charge in [0.1, 0.15) is 11.5 Å². The molecule has 2 aromatic rings. The van der Waals surface area contributed by atoms with E-state index in [9.17, 15) is 4.79 Å². The van der Waals surface area contributed by atoms with Gasteiger partial charge in [0, 0.05) is 30.8 Å². The van der Waals surface area contributed by atoms with E-state index in [1.165, 1.54) is 12.4 Å². The first kappa shape index (κ1) is 11.8. The van der Waals surface area contributed by atoms with Gasteiger partial charge >= 0.3 is 0 Å². The highest BCUT2D eigenvalue weighted by Gasteiger charge is 2.32. The van der Waals surface area contributed by atoms with Crippen molar-refractivity contribution in [2.45, 2.75) is 25.8 Å². The molecule has 0 aromatic carbocycles. The van der Waals surface area contributed by atoms with Gasteiger partial charge in [-0.25, -0.2) is 9.97 Å². The van der Waals surface area contributed by atoms with Crippen molar-refractivity contribution in [3.05, 3.63) is 42.0 Å². The summed E-state index contributed by atoms with van der Waals surface area (Å²) in [5, 5.41) is 0. The third-order valence-corrected chi connectivity index (χ3v) is 3.33. The van der Waals surface area contributed by atoms with Gasteiger partial charge in [0.2, 0.25) is 0 Å². The second kappa shape index (κ2) is 4.79. The summed E-state index contributed by atoms with van der Waals surface area (Å²) in [6, 6.07) is 0.0169. The number of nitrogens with one attached hydrogen (secondary N) is 1. The van der Waals surface area contributed by atoms with Crippen LogP contribution in [0.15, 0.2) is 24.8 Å². The van der Waals surface area contributed by atoms with Gasteiger partial charge in [0.25, 0.3) is 5.91 Å². The third-order valence-electron chi connectivity index (χ3n) is 3.33. The van der Waals surface area contributed by atoms with E-state index in [0.29, 0.717) is 5.69 Å². The Bertz CT molecular complexity index is 580. The molecule has 0 radical (unpaired) electrons. The Morgan fingerprint density at radius 2 is 2.26 bits per heavy atom. The fourth-order valence-corrected chi connectivity index (χ4v) is 2.45. The molecule has 0 unspecified atom stereocenters. The molecule has 1 aliphatic heterocycles. The Kier molecular flexibility index (Phi) is 2.98. The van der Waals surface area contributed by atoms with Crippen LogP contribution in [-0.2, 0) is 0 Å². The molecule has 19 heavy (non-hydrogen) atoms. The number of carbonyl (C=O) groups is 1. The van der Waals surface area contributed by atoms with Gasteiger partial charge in [0.05, 0.1) is 12.2 Å². The Morgan fingerprint density at radius 1 is 1.37 bits per heavy atom. The number of carbonyl (C=O) groups excluding carboxylic acids is 1. The number of imidazole rings is 1. The highest BCUT2D eigenvalue weighted by Crippen LogP contribution is 2.31. The topological polar surface area (TPSA) is 74.8 Å². The van der Waals surface area contributed by atoms with Gasteiger partial charge in [-0.1, -0.05) is 0 Å². The largest absolute Gasteiger partial charge is 0.344 e. The molecule has 1 aliphatic rings. The molecular formula is C13H15N5O. The van der Waals surface area contributed by atoms with Crippen molar-refractivity contribution in [2.24, 2.45) is 0 Å². The van der Waals surface area contributed by atoms with Crippen LogP contribution in [0.1, 0.15) is 40.9 Å². The number of hydrogen-bond donors (Lipinski definition) is 1. The van der Waals surface area contributed by atoms with Gasteiger partial charge in [-0.05, 0) is 19.8 Å². The average Bonchev–Trinajstić information content (AvgIpc) is 3.07. The van der Waals surface area contributed by atoms with Gasteiger partial charge in [-0.15, -0.1) is 0 Å². The lowest BCUT2D eigenvalue weighted by Gasteiger charge is -2.22. The molecule has 1 N–H and O–H groups in total. The van der Waals surface area contributed by atoms with E-state index >= 15 is 0 Å². The predicted molar refractivity (Wildman–Crippen MR) is 68.4 cm³/mol. The lowest BCUT2D eigenvalue weighted by Crippen LogP contribution is -2.31. The smallest absolute Gasteiger partial charge is 0.274 e. The number of amides is 1. The molecule has 0 aliphatic carbocycles. The van der Waals surface area contributed by atoms with Gasteiger partial charge in [0.15, 0.2) is 0 Å². The van der Waals surface area contributed by atoms with Crippen molar-refractivity contribution in [3.8, 4) is 0 Å². The highest BCUT2D eigenvalue weighted by molar-refractivity contribution is 5.92. The van der Waals surface area contributed by atoms with Gasteiger partial charge in [-0.2, -0.15) is 0 Å². The zero-order valence-corrected chi connectivity index (χ0v) is 10.7. The number of rotatable bonds is 2. The fraction of sp³-hybridized carbons (Fsp3) is 0.385. The fourth-order valence-electron chi connectivity index (χ4n) is 2.45. The molecule has 3 heterocycles. The molecular weight excluding hydrogens is 242 g/mol. The summed E-state index contributed by atoms with van der Waals surface area (Å²) in [7, 11) is 0. The number of H-pyrrole nitrogens is 1. The molecule has 2 aromatic heterocycles. The van der Waals surface area contributed by atoms with Gasteiger partial charge < -0.3 is 9.88 Å². The Balaban J connectivity index is 1.86. The van der Waals surface area contributed by atoms with E-state index in [-0.39, 0.29) is 11.9 Å². The van der Waals surface area contributed by atoms with Crippen LogP contribution in [0.3, 0.4) is 0 Å². The number of aryl methyl sites for hydroxylation is 1. The van der Waals surface area contributed by atoms with E-state index in [1.807, 2.05) is 11.8 Å². The molecule has 1 amide bonds. The first-order valence-corrected chi connectivity index (χ1v) is 6.34. The Morgan fingerprint density at radius 3 is 2.95 bits per heavy atom. The first-order chi connectivity index (χ1) is 9.25. The van der Waals surface area contributed by atoms with Crippen LogP contribution in [0, 0.1) is 6.92 Å². The standard InChI is InChI=1S/C13H15N5O/c1-9-7-16-12(17-9)11-3-2-6-18(11)13(19)10-8-14-4-5-15-10/h4-5,7-8,11H,2-3,6H2,1H3,(H,16,17)/t11-/m1/s1. The van der Waals surface area contributed by atoms with E-state index in [4.69, 9.17) is 0 Å². The summed E-state index contributed by atoms with van der Waals surface area (Å²) in [6.45, 7) is 2.69. The molecule has 0 spiro atoms. The summed E-state index contributed by atoms with van der Waals surface area (Å²) < 4.78 is 0. The molecule has 0 saturated carbocycles. The summed E-state index contributed by atoms with van der Waals surface area (Å²) in [5.74, 6) is 0.775. The molecule has 1 atom stereocenters. The van der Waals surface area contributed by atoms with Crippen molar-refractivity contribution in [1.82, 2.24) is 24.8 Å². The summed E-state index contributed by atoms with van der Waals surface area (Å²) in [6.07, 6.45) is 8.31. The average molecular weight is 257 g/mol. The van der Waals surface area contributed by atoms with Crippen molar-refractivity contribution >= 4 is 5.91 Å². The first-order valence-electron chi connectivity index (χ1n) is 6.34. The molecule has 6 nitrogen and oxygen atoms in total. The van der Waals surface area contributed by atoms with E-state index < -0.39 is 0 Å². The minimum atomic E-state index is -0.0790. The van der Waals surface area contributed by atoms with Crippen LogP contribution < -0.4 is 0 Å². The Labute approximate surface area is 110 Å². The van der Waals surface area contributed by atoms with E-state index in [0.717, 1.165) is 30.9 Å². The van der Waals surface area contributed by atoms with Crippen LogP contribution in [0.4, 0.5) is 0 Å². The second-order valence-corrected chi connectivity index (χ2v) is 4.70. The monoisotopic (exact) mass is 257 g/mol. The predicted octanol–water partition coefficient (Wildman–Crippen LogP) is 1.49. The van der Waals surface area contributed by atoms with Crippen LogP contribution in [0.2, 0.25) is 0 Å². The summed E-state index contributed by atoms with van der Waals surface area (Å²) in [4.78, 5) is 29.8. The van der Waals surface area contributed by atoms with E-state index in [2.05, 4.69) is 19.9 Å².